The second-order valence-electron chi connectivity index (χ2n) is 3.75. The van der Waals surface area contributed by atoms with Crippen LogP contribution in [0.15, 0.2) is 0 Å². The van der Waals surface area contributed by atoms with E-state index in [9.17, 15) is 0 Å². The Kier molecular flexibility index (Phi) is 10.9. The van der Waals surface area contributed by atoms with Crippen molar-refractivity contribution in [2.75, 3.05) is 30.9 Å². The number of halogens is 1. The minimum Gasteiger partial charge on any atom is -0.303 e. The number of hydrogen-bond acceptors (Lipinski definition) is 2. The molecule has 0 aliphatic rings. The molecule has 0 aromatic heterocycles. The SMILES string of the molecule is CCC(CSC)N(C)CCCCCBr. The number of rotatable bonds is 9. The highest BCUT2D eigenvalue weighted by Crippen LogP contribution is 2.09. The molecule has 0 rings (SSSR count). The summed E-state index contributed by atoms with van der Waals surface area (Å²) in [6.45, 7) is 3.54. The van der Waals surface area contributed by atoms with Crippen LogP contribution in [0.5, 0.6) is 0 Å². The maximum absolute atomic E-state index is 3.47. The summed E-state index contributed by atoms with van der Waals surface area (Å²) in [6, 6.07) is 0.772. The summed E-state index contributed by atoms with van der Waals surface area (Å²) in [5, 5.41) is 1.15. The van der Waals surface area contributed by atoms with Crippen molar-refractivity contribution < 1.29 is 0 Å². The number of alkyl halides is 1. The van der Waals surface area contributed by atoms with E-state index in [1.807, 2.05) is 11.8 Å². The second-order valence-corrected chi connectivity index (χ2v) is 5.45. The molecule has 0 saturated heterocycles. The number of hydrogen-bond donors (Lipinski definition) is 0. The van der Waals surface area contributed by atoms with Gasteiger partial charge in [-0.2, -0.15) is 11.8 Å². The molecule has 0 fully saturated rings. The van der Waals surface area contributed by atoms with Gasteiger partial charge in [-0.15, -0.1) is 0 Å². The molecule has 0 radical (unpaired) electrons. The van der Waals surface area contributed by atoms with Crippen molar-refractivity contribution in [2.24, 2.45) is 0 Å². The van der Waals surface area contributed by atoms with E-state index in [4.69, 9.17) is 0 Å². The summed E-state index contributed by atoms with van der Waals surface area (Å²) in [6.07, 6.45) is 7.47. The van der Waals surface area contributed by atoms with E-state index in [1.165, 1.54) is 38.0 Å². The summed E-state index contributed by atoms with van der Waals surface area (Å²) in [7, 11) is 2.26. The Bertz CT molecular complexity index is 122. The van der Waals surface area contributed by atoms with E-state index in [-0.39, 0.29) is 0 Å². The van der Waals surface area contributed by atoms with Crippen molar-refractivity contribution in [2.45, 2.75) is 38.6 Å². The fourth-order valence-corrected chi connectivity index (χ4v) is 2.84. The standard InChI is InChI=1S/C11H24BrNS/c1-4-11(10-14-3)13(2)9-7-5-6-8-12/h11H,4-10H2,1-3H3. The highest BCUT2D eigenvalue weighted by atomic mass is 79.9. The van der Waals surface area contributed by atoms with Crippen LogP contribution in [-0.2, 0) is 0 Å². The Morgan fingerprint density at radius 1 is 1.29 bits per heavy atom. The van der Waals surface area contributed by atoms with Gasteiger partial charge in [0.15, 0.2) is 0 Å². The summed E-state index contributed by atoms with van der Waals surface area (Å²) in [5.41, 5.74) is 0. The molecule has 0 saturated carbocycles. The molecule has 1 unspecified atom stereocenters. The van der Waals surface area contributed by atoms with Gasteiger partial charge >= 0.3 is 0 Å². The van der Waals surface area contributed by atoms with Crippen LogP contribution >= 0.6 is 27.7 Å². The first kappa shape index (κ1) is 14.8. The molecule has 0 aliphatic carbocycles. The lowest BCUT2D eigenvalue weighted by molar-refractivity contribution is 0.251. The predicted octanol–water partition coefficient (Wildman–Crippen LogP) is 3.63. The molecular weight excluding hydrogens is 258 g/mol. The van der Waals surface area contributed by atoms with Gasteiger partial charge in [-0.3, -0.25) is 0 Å². The topological polar surface area (TPSA) is 3.24 Å². The van der Waals surface area contributed by atoms with Crippen LogP contribution < -0.4 is 0 Å². The summed E-state index contributed by atoms with van der Waals surface area (Å²) < 4.78 is 0. The molecule has 0 aromatic rings. The van der Waals surface area contributed by atoms with Crippen LogP contribution in [0.2, 0.25) is 0 Å². The van der Waals surface area contributed by atoms with E-state index < -0.39 is 0 Å². The first-order valence-electron chi connectivity index (χ1n) is 5.51. The third-order valence-electron chi connectivity index (χ3n) is 2.60. The first-order chi connectivity index (χ1) is 6.76. The maximum atomic E-state index is 3.47. The molecule has 14 heavy (non-hydrogen) atoms. The lowest BCUT2D eigenvalue weighted by atomic mass is 10.2. The Morgan fingerprint density at radius 2 is 2.00 bits per heavy atom. The lowest BCUT2D eigenvalue weighted by Crippen LogP contribution is -2.33. The summed E-state index contributed by atoms with van der Waals surface area (Å²) in [5.74, 6) is 1.27. The average molecular weight is 282 g/mol. The largest absolute Gasteiger partial charge is 0.303 e. The fraction of sp³-hybridized carbons (Fsp3) is 1.00. The molecular formula is C11H24BrNS. The first-order valence-corrected chi connectivity index (χ1v) is 8.02. The van der Waals surface area contributed by atoms with Crippen molar-refractivity contribution in [3.63, 3.8) is 0 Å². The molecule has 0 spiro atoms. The third kappa shape index (κ3) is 7.13. The zero-order chi connectivity index (χ0) is 10.8. The number of nitrogens with zero attached hydrogens (tertiary/aromatic N) is 1. The molecule has 0 bridgehead atoms. The zero-order valence-electron chi connectivity index (χ0n) is 9.76. The van der Waals surface area contributed by atoms with E-state index in [2.05, 4.69) is 41.1 Å². The second kappa shape index (κ2) is 10.3. The van der Waals surface area contributed by atoms with Crippen LogP contribution in [0.1, 0.15) is 32.6 Å². The average Bonchev–Trinajstić information content (AvgIpc) is 2.20. The summed E-state index contributed by atoms with van der Waals surface area (Å²) in [4.78, 5) is 2.52. The Morgan fingerprint density at radius 3 is 2.50 bits per heavy atom. The normalized spacial score (nSPS) is 13.5. The quantitative estimate of drug-likeness (QED) is 0.469. The van der Waals surface area contributed by atoms with Gasteiger partial charge in [0.05, 0.1) is 0 Å². The molecule has 0 heterocycles. The van der Waals surface area contributed by atoms with Crippen LogP contribution in [0, 0.1) is 0 Å². The van der Waals surface area contributed by atoms with Gasteiger partial charge in [0, 0.05) is 17.1 Å². The van der Waals surface area contributed by atoms with Gasteiger partial charge in [0.2, 0.25) is 0 Å². The molecule has 0 aromatic carbocycles. The molecule has 1 nitrogen and oxygen atoms in total. The molecule has 0 N–H and O–H groups in total. The van der Waals surface area contributed by atoms with Crippen LogP contribution in [0.3, 0.4) is 0 Å². The fourth-order valence-electron chi connectivity index (χ4n) is 1.56. The Hall–Kier alpha value is 0.790. The molecule has 0 amide bonds. The Labute approximate surface area is 102 Å². The maximum Gasteiger partial charge on any atom is 0.0180 e. The van der Waals surface area contributed by atoms with E-state index in [0.29, 0.717) is 0 Å². The van der Waals surface area contributed by atoms with Crippen LogP contribution in [0.25, 0.3) is 0 Å². The van der Waals surface area contributed by atoms with Crippen molar-refractivity contribution >= 4 is 27.7 Å². The predicted molar refractivity (Wildman–Crippen MR) is 72.7 cm³/mol. The van der Waals surface area contributed by atoms with E-state index >= 15 is 0 Å². The van der Waals surface area contributed by atoms with Gasteiger partial charge in [-0.1, -0.05) is 29.3 Å². The van der Waals surface area contributed by atoms with Gasteiger partial charge in [0.1, 0.15) is 0 Å². The highest BCUT2D eigenvalue weighted by molar-refractivity contribution is 9.09. The smallest absolute Gasteiger partial charge is 0.0180 e. The number of unbranched alkanes of at least 4 members (excludes halogenated alkanes) is 2. The minimum absolute atomic E-state index is 0.772. The molecule has 3 heteroatoms. The van der Waals surface area contributed by atoms with Crippen LogP contribution in [-0.4, -0.2) is 41.9 Å². The van der Waals surface area contributed by atoms with E-state index in [1.54, 1.807) is 0 Å². The Balaban J connectivity index is 3.52. The van der Waals surface area contributed by atoms with Gasteiger partial charge in [0.25, 0.3) is 0 Å². The van der Waals surface area contributed by atoms with Gasteiger partial charge < -0.3 is 4.90 Å². The monoisotopic (exact) mass is 281 g/mol. The van der Waals surface area contributed by atoms with Crippen molar-refractivity contribution in [3.05, 3.63) is 0 Å². The van der Waals surface area contributed by atoms with Gasteiger partial charge in [-0.25, -0.2) is 0 Å². The van der Waals surface area contributed by atoms with Crippen LogP contribution in [0.4, 0.5) is 0 Å². The molecule has 1 atom stereocenters. The number of thioether (sulfide) groups is 1. The van der Waals surface area contributed by atoms with Crippen molar-refractivity contribution in [3.8, 4) is 0 Å². The zero-order valence-corrected chi connectivity index (χ0v) is 12.2. The molecule has 86 valence electrons. The molecule has 0 aliphatic heterocycles. The lowest BCUT2D eigenvalue weighted by Gasteiger charge is -2.26. The summed E-state index contributed by atoms with van der Waals surface area (Å²) >= 11 is 5.42. The highest BCUT2D eigenvalue weighted by Gasteiger charge is 2.10. The van der Waals surface area contributed by atoms with E-state index in [0.717, 1.165) is 11.4 Å². The minimum atomic E-state index is 0.772. The third-order valence-corrected chi connectivity index (χ3v) is 3.88. The van der Waals surface area contributed by atoms with Crippen molar-refractivity contribution in [1.82, 2.24) is 4.90 Å². The van der Waals surface area contributed by atoms with Gasteiger partial charge in [-0.05, 0) is 39.1 Å². The van der Waals surface area contributed by atoms with Crippen molar-refractivity contribution in [1.29, 1.82) is 0 Å².